The second-order valence-corrected chi connectivity index (χ2v) is 6.47. The van der Waals surface area contributed by atoms with Crippen molar-refractivity contribution in [2.24, 2.45) is 11.3 Å². The third-order valence-corrected chi connectivity index (χ3v) is 4.19. The molecule has 1 aromatic rings. The Morgan fingerprint density at radius 3 is 2.14 bits per heavy atom. The van der Waals surface area contributed by atoms with E-state index in [-0.39, 0.29) is 17.8 Å². The molecule has 0 saturated heterocycles. The van der Waals surface area contributed by atoms with Crippen molar-refractivity contribution in [2.75, 3.05) is 0 Å². The van der Waals surface area contributed by atoms with E-state index in [0.29, 0.717) is 18.6 Å². The lowest BCUT2D eigenvalue weighted by molar-refractivity contribution is -0.148. The number of rotatable bonds is 7. The first-order chi connectivity index (χ1) is 10.2. The monoisotopic (exact) mass is 306 g/mol. The van der Waals surface area contributed by atoms with Crippen LogP contribution in [0.25, 0.3) is 0 Å². The molecule has 0 aliphatic carbocycles. The summed E-state index contributed by atoms with van der Waals surface area (Å²) in [5.41, 5.74) is 0.327. The molecule has 1 N–H and O–H groups in total. The number of carboxylic acids is 1. The fourth-order valence-corrected chi connectivity index (χ4v) is 2.27. The van der Waals surface area contributed by atoms with Gasteiger partial charge in [0.1, 0.15) is 5.75 Å². The van der Waals surface area contributed by atoms with E-state index in [9.17, 15) is 14.7 Å². The minimum absolute atomic E-state index is 0.121. The third kappa shape index (κ3) is 4.58. The van der Waals surface area contributed by atoms with Crippen LogP contribution in [0, 0.1) is 11.3 Å². The molecule has 1 aromatic carbocycles. The largest absolute Gasteiger partial charge is 0.481 e. The molecule has 0 amide bonds. The number of hydrogen-bond acceptors (Lipinski definition) is 3. The summed E-state index contributed by atoms with van der Waals surface area (Å²) in [5, 5.41) is 9.37. The van der Waals surface area contributed by atoms with E-state index in [1.54, 1.807) is 32.9 Å². The molecule has 22 heavy (non-hydrogen) atoms. The van der Waals surface area contributed by atoms with Crippen LogP contribution in [0.4, 0.5) is 0 Å². The number of esters is 1. The average Bonchev–Trinajstić information content (AvgIpc) is 2.47. The zero-order valence-corrected chi connectivity index (χ0v) is 14.1. The van der Waals surface area contributed by atoms with E-state index in [0.717, 1.165) is 5.56 Å². The fraction of sp³-hybridized carbons (Fsp3) is 0.556. The zero-order chi connectivity index (χ0) is 16.9. The maximum absolute atomic E-state index is 11.5. The van der Waals surface area contributed by atoms with Crippen molar-refractivity contribution in [3.05, 3.63) is 29.8 Å². The van der Waals surface area contributed by atoms with Crippen molar-refractivity contribution < 1.29 is 19.4 Å². The second kappa shape index (κ2) is 7.43. The molecule has 0 saturated carbocycles. The van der Waals surface area contributed by atoms with Crippen LogP contribution >= 0.6 is 0 Å². The highest BCUT2D eigenvalue weighted by Gasteiger charge is 2.33. The topological polar surface area (TPSA) is 63.6 Å². The normalized spacial score (nSPS) is 15.2. The van der Waals surface area contributed by atoms with Gasteiger partial charge in [-0.2, -0.15) is 0 Å². The van der Waals surface area contributed by atoms with Crippen LogP contribution in [0.5, 0.6) is 5.75 Å². The van der Waals surface area contributed by atoms with Crippen molar-refractivity contribution in [1.29, 1.82) is 0 Å². The lowest BCUT2D eigenvalue weighted by Crippen LogP contribution is -2.28. The number of ether oxygens (including phenoxy) is 1. The van der Waals surface area contributed by atoms with Crippen LogP contribution < -0.4 is 4.74 Å². The van der Waals surface area contributed by atoms with E-state index < -0.39 is 11.4 Å². The predicted octanol–water partition coefficient (Wildman–Crippen LogP) is 4.24. The first-order valence-corrected chi connectivity index (χ1v) is 7.74. The highest BCUT2D eigenvalue weighted by atomic mass is 16.5. The summed E-state index contributed by atoms with van der Waals surface area (Å²) in [5.74, 6) is -0.545. The second-order valence-electron chi connectivity index (χ2n) is 6.47. The van der Waals surface area contributed by atoms with Crippen LogP contribution in [-0.2, 0) is 9.59 Å². The molecule has 0 radical (unpaired) electrons. The maximum Gasteiger partial charge on any atom is 0.313 e. The van der Waals surface area contributed by atoms with Gasteiger partial charge in [0.2, 0.25) is 0 Å². The summed E-state index contributed by atoms with van der Waals surface area (Å²) in [6, 6.07) is 7.31. The Labute approximate surface area is 132 Å². The molecule has 0 aromatic heterocycles. The fourth-order valence-electron chi connectivity index (χ4n) is 2.27. The molecule has 2 unspecified atom stereocenters. The number of benzene rings is 1. The van der Waals surface area contributed by atoms with Gasteiger partial charge in [0.05, 0.1) is 11.3 Å². The molecule has 4 nitrogen and oxygen atoms in total. The van der Waals surface area contributed by atoms with Crippen LogP contribution in [0.15, 0.2) is 24.3 Å². The van der Waals surface area contributed by atoms with Gasteiger partial charge in [-0.25, -0.2) is 0 Å². The summed E-state index contributed by atoms with van der Waals surface area (Å²) in [7, 11) is 0. The number of aliphatic carboxylic acids is 1. The Morgan fingerprint density at radius 1 is 1.18 bits per heavy atom. The van der Waals surface area contributed by atoms with E-state index in [2.05, 4.69) is 0 Å². The SMILES string of the molecule is CCC(C)(CC(C)c1ccc(OC(=O)C(C)C)cc1)C(=O)O. The van der Waals surface area contributed by atoms with Gasteiger partial charge in [-0.3, -0.25) is 9.59 Å². The number of carbonyl (C=O) groups excluding carboxylic acids is 1. The first-order valence-electron chi connectivity index (χ1n) is 7.74. The molecule has 4 heteroatoms. The van der Waals surface area contributed by atoms with E-state index in [1.807, 2.05) is 26.0 Å². The van der Waals surface area contributed by atoms with Gasteiger partial charge in [0.25, 0.3) is 0 Å². The summed E-state index contributed by atoms with van der Waals surface area (Å²) < 4.78 is 5.24. The van der Waals surface area contributed by atoms with Gasteiger partial charge in [-0.1, -0.05) is 39.8 Å². The Balaban J connectivity index is 2.78. The lowest BCUT2D eigenvalue weighted by atomic mass is 9.77. The lowest BCUT2D eigenvalue weighted by Gasteiger charge is -2.26. The molecular formula is C18H26O4. The maximum atomic E-state index is 11.5. The zero-order valence-electron chi connectivity index (χ0n) is 14.1. The van der Waals surface area contributed by atoms with Gasteiger partial charge in [-0.05, 0) is 43.4 Å². The molecule has 1 rings (SSSR count). The molecule has 122 valence electrons. The van der Waals surface area contributed by atoms with Gasteiger partial charge >= 0.3 is 11.9 Å². The highest BCUT2D eigenvalue weighted by Crippen LogP contribution is 2.35. The van der Waals surface area contributed by atoms with E-state index in [4.69, 9.17) is 4.74 Å². The molecule has 0 fully saturated rings. The summed E-state index contributed by atoms with van der Waals surface area (Å²) in [6.07, 6.45) is 1.17. The van der Waals surface area contributed by atoms with Gasteiger partial charge < -0.3 is 9.84 Å². The van der Waals surface area contributed by atoms with E-state index >= 15 is 0 Å². The summed E-state index contributed by atoms with van der Waals surface area (Å²) in [4.78, 5) is 22.9. The number of hydrogen-bond donors (Lipinski definition) is 1. The highest BCUT2D eigenvalue weighted by molar-refractivity contribution is 5.74. The Hall–Kier alpha value is -1.84. The van der Waals surface area contributed by atoms with Crippen LogP contribution in [0.2, 0.25) is 0 Å². The Kier molecular flexibility index (Phi) is 6.15. The van der Waals surface area contributed by atoms with Crippen molar-refractivity contribution in [2.45, 2.75) is 53.4 Å². The van der Waals surface area contributed by atoms with Crippen molar-refractivity contribution >= 4 is 11.9 Å². The van der Waals surface area contributed by atoms with Gasteiger partial charge in [-0.15, -0.1) is 0 Å². The molecule has 0 bridgehead atoms. The molecule has 0 aliphatic heterocycles. The predicted molar refractivity (Wildman–Crippen MR) is 86.0 cm³/mol. The standard InChI is InChI=1S/C18H26O4/c1-6-18(5,17(20)21)11-13(4)14-7-9-15(10-8-14)22-16(19)12(2)3/h7-10,12-13H,6,11H2,1-5H3,(H,20,21). The molecule has 0 spiro atoms. The molecule has 0 aliphatic rings. The van der Waals surface area contributed by atoms with Crippen LogP contribution in [-0.4, -0.2) is 17.0 Å². The summed E-state index contributed by atoms with van der Waals surface area (Å²) >= 11 is 0. The Bertz CT molecular complexity index is 518. The quantitative estimate of drug-likeness (QED) is 0.604. The van der Waals surface area contributed by atoms with E-state index in [1.165, 1.54) is 0 Å². The number of carbonyl (C=O) groups is 2. The molecule has 2 atom stereocenters. The minimum atomic E-state index is -0.760. The van der Waals surface area contributed by atoms with Crippen LogP contribution in [0.1, 0.15) is 58.9 Å². The van der Waals surface area contributed by atoms with Crippen molar-refractivity contribution in [1.82, 2.24) is 0 Å². The summed E-state index contributed by atoms with van der Waals surface area (Å²) in [6.45, 7) is 9.28. The third-order valence-electron chi connectivity index (χ3n) is 4.19. The number of carboxylic acid groups (broad SMARTS) is 1. The van der Waals surface area contributed by atoms with Gasteiger partial charge in [0, 0.05) is 0 Å². The van der Waals surface area contributed by atoms with Crippen LogP contribution in [0.3, 0.4) is 0 Å². The Morgan fingerprint density at radius 2 is 1.73 bits per heavy atom. The first kappa shape index (κ1) is 18.2. The van der Waals surface area contributed by atoms with Gasteiger partial charge in [0.15, 0.2) is 0 Å². The van der Waals surface area contributed by atoms with Crippen molar-refractivity contribution in [3.8, 4) is 5.75 Å². The minimum Gasteiger partial charge on any atom is -0.481 e. The average molecular weight is 306 g/mol. The molecule has 0 heterocycles. The van der Waals surface area contributed by atoms with Crippen molar-refractivity contribution in [3.63, 3.8) is 0 Å². The molecular weight excluding hydrogens is 280 g/mol. The smallest absolute Gasteiger partial charge is 0.313 e.